The Morgan fingerprint density at radius 1 is 0.971 bits per heavy atom. The van der Waals surface area contributed by atoms with Crippen molar-refractivity contribution in [1.29, 1.82) is 0 Å². The van der Waals surface area contributed by atoms with Crippen molar-refractivity contribution in [3.8, 4) is 5.75 Å². The van der Waals surface area contributed by atoms with Crippen molar-refractivity contribution < 1.29 is 24.2 Å². The zero-order chi connectivity index (χ0) is 24.1. The van der Waals surface area contributed by atoms with E-state index in [-0.39, 0.29) is 24.5 Å². The number of amides is 1. The minimum absolute atomic E-state index is 0.0772. The lowest BCUT2D eigenvalue weighted by atomic mass is 9.94. The van der Waals surface area contributed by atoms with Crippen LogP contribution >= 0.6 is 0 Å². The van der Waals surface area contributed by atoms with Gasteiger partial charge in [0, 0.05) is 19.2 Å². The number of ketones is 1. The van der Waals surface area contributed by atoms with Crippen LogP contribution in [0.4, 0.5) is 0 Å². The number of nitrogens with zero attached hydrogens (tertiary/aromatic N) is 1. The highest BCUT2D eigenvalue weighted by Gasteiger charge is 2.45. The highest BCUT2D eigenvalue weighted by molar-refractivity contribution is 6.46. The molecule has 1 heterocycles. The van der Waals surface area contributed by atoms with Crippen LogP contribution in [0.15, 0.2) is 84.4 Å². The largest absolute Gasteiger partial charge is 0.507 e. The maximum atomic E-state index is 13.0. The molecule has 0 saturated carbocycles. The first-order valence-electron chi connectivity index (χ1n) is 11.1. The third-order valence-corrected chi connectivity index (χ3v) is 5.89. The average Bonchev–Trinajstić information content (AvgIpc) is 3.12. The van der Waals surface area contributed by atoms with Gasteiger partial charge in [-0.3, -0.25) is 9.59 Å². The number of benzene rings is 3. The highest BCUT2D eigenvalue weighted by Crippen LogP contribution is 2.40. The van der Waals surface area contributed by atoms with Crippen molar-refractivity contribution in [2.75, 3.05) is 20.3 Å². The Morgan fingerprint density at radius 2 is 1.65 bits per heavy atom. The van der Waals surface area contributed by atoms with E-state index in [0.29, 0.717) is 17.9 Å². The lowest BCUT2D eigenvalue weighted by molar-refractivity contribution is -0.140. The lowest BCUT2D eigenvalue weighted by Crippen LogP contribution is -2.32. The fourth-order valence-corrected chi connectivity index (χ4v) is 4.16. The van der Waals surface area contributed by atoms with Gasteiger partial charge in [-0.2, -0.15) is 0 Å². The second-order valence-corrected chi connectivity index (χ2v) is 8.15. The minimum Gasteiger partial charge on any atom is -0.507 e. The molecule has 34 heavy (non-hydrogen) atoms. The van der Waals surface area contributed by atoms with Gasteiger partial charge in [0.15, 0.2) is 0 Å². The van der Waals surface area contributed by atoms with Gasteiger partial charge >= 0.3 is 0 Å². The zero-order valence-electron chi connectivity index (χ0n) is 19.2. The standard InChI is InChI=1S/C28H27NO5/c1-19-17-22(34-18-20-9-5-3-6-10-20)13-14-23(19)26(30)24-25(21-11-7-4-8-12-21)29(15-16-33-2)28(32)27(24)31/h3-14,17,25,30H,15-16,18H2,1-2H3/b26-24+. The molecule has 4 rings (SSSR count). The number of ether oxygens (including phenoxy) is 2. The Morgan fingerprint density at radius 3 is 2.29 bits per heavy atom. The molecule has 6 nitrogen and oxygen atoms in total. The molecule has 1 amide bonds. The van der Waals surface area contributed by atoms with Crippen molar-refractivity contribution >= 4 is 17.4 Å². The van der Waals surface area contributed by atoms with Crippen LogP contribution in [0, 0.1) is 6.92 Å². The molecule has 0 radical (unpaired) electrons. The van der Waals surface area contributed by atoms with Gasteiger partial charge < -0.3 is 19.5 Å². The van der Waals surface area contributed by atoms with Gasteiger partial charge in [0.05, 0.1) is 18.2 Å². The van der Waals surface area contributed by atoms with Crippen LogP contribution in [0.5, 0.6) is 5.75 Å². The van der Waals surface area contributed by atoms with E-state index < -0.39 is 17.7 Å². The first-order valence-corrected chi connectivity index (χ1v) is 11.1. The summed E-state index contributed by atoms with van der Waals surface area (Å²) < 4.78 is 11.0. The first-order chi connectivity index (χ1) is 16.5. The smallest absolute Gasteiger partial charge is 0.295 e. The van der Waals surface area contributed by atoms with E-state index in [1.54, 1.807) is 19.2 Å². The zero-order valence-corrected chi connectivity index (χ0v) is 19.2. The van der Waals surface area contributed by atoms with E-state index in [2.05, 4.69) is 0 Å². The molecule has 0 bridgehead atoms. The summed E-state index contributed by atoms with van der Waals surface area (Å²) >= 11 is 0. The van der Waals surface area contributed by atoms with Gasteiger partial charge in [0.2, 0.25) is 0 Å². The molecule has 0 aromatic heterocycles. The summed E-state index contributed by atoms with van der Waals surface area (Å²) in [5.41, 5.74) is 3.09. The van der Waals surface area contributed by atoms with Gasteiger partial charge in [-0.1, -0.05) is 60.7 Å². The summed E-state index contributed by atoms with van der Waals surface area (Å²) in [5, 5.41) is 11.3. The molecule has 0 aliphatic carbocycles. The van der Waals surface area contributed by atoms with Crippen molar-refractivity contribution in [3.63, 3.8) is 0 Å². The van der Waals surface area contributed by atoms with Crippen LogP contribution in [0.25, 0.3) is 5.76 Å². The molecule has 1 saturated heterocycles. The van der Waals surface area contributed by atoms with E-state index in [9.17, 15) is 14.7 Å². The molecule has 3 aromatic carbocycles. The Bertz CT molecular complexity index is 1200. The van der Waals surface area contributed by atoms with E-state index in [1.807, 2.05) is 73.7 Å². The van der Waals surface area contributed by atoms with Gasteiger partial charge in [-0.25, -0.2) is 0 Å². The minimum atomic E-state index is -0.703. The third kappa shape index (κ3) is 4.72. The topological polar surface area (TPSA) is 76.1 Å². The average molecular weight is 458 g/mol. The summed E-state index contributed by atoms with van der Waals surface area (Å²) in [4.78, 5) is 27.4. The van der Waals surface area contributed by atoms with Crippen molar-refractivity contribution in [3.05, 3.63) is 107 Å². The molecule has 1 fully saturated rings. The number of methoxy groups -OCH3 is 1. The SMILES string of the molecule is COCCN1C(=O)C(=O)/C(=C(/O)c2ccc(OCc3ccccc3)cc2C)C1c1ccccc1. The maximum Gasteiger partial charge on any atom is 0.295 e. The Hall–Kier alpha value is -3.90. The number of aryl methyl sites for hydroxylation is 1. The number of likely N-dealkylation sites (tertiary alicyclic amines) is 1. The fraction of sp³-hybridized carbons (Fsp3) is 0.214. The number of hydrogen-bond acceptors (Lipinski definition) is 5. The first kappa shape index (κ1) is 23.3. The van der Waals surface area contributed by atoms with Crippen LogP contribution in [0.2, 0.25) is 0 Å². The number of aliphatic hydroxyl groups excluding tert-OH is 1. The second kappa shape index (κ2) is 10.4. The fourth-order valence-electron chi connectivity index (χ4n) is 4.16. The molecule has 1 aliphatic heterocycles. The summed E-state index contributed by atoms with van der Waals surface area (Å²) in [5.74, 6) is -0.892. The summed E-state index contributed by atoms with van der Waals surface area (Å²) in [7, 11) is 1.54. The molecule has 6 heteroatoms. The van der Waals surface area contributed by atoms with Crippen molar-refractivity contribution in [1.82, 2.24) is 4.90 Å². The molecular formula is C28H27NO5. The number of rotatable bonds is 8. The Labute approximate surface area is 199 Å². The molecule has 3 aromatic rings. The van der Waals surface area contributed by atoms with Crippen LogP contribution in [-0.2, 0) is 20.9 Å². The van der Waals surface area contributed by atoms with Crippen LogP contribution < -0.4 is 4.74 Å². The van der Waals surface area contributed by atoms with E-state index >= 15 is 0 Å². The molecule has 1 aliphatic rings. The predicted molar refractivity (Wildman–Crippen MR) is 129 cm³/mol. The van der Waals surface area contributed by atoms with Gasteiger partial charge in [0.25, 0.3) is 11.7 Å². The Balaban J connectivity index is 1.68. The number of carbonyl (C=O) groups is 2. The number of hydrogen-bond donors (Lipinski definition) is 1. The van der Waals surface area contributed by atoms with Crippen LogP contribution in [-0.4, -0.2) is 42.0 Å². The quantitative estimate of drug-likeness (QED) is 0.303. The molecule has 174 valence electrons. The van der Waals surface area contributed by atoms with Gasteiger partial charge in [-0.15, -0.1) is 0 Å². The van der Waals surface area contributed by atoms with Crippen molar-refractivity contribution in [2.24, 2.45) is 0 Å². The summed E-state index contributed by atoms with van der Waals surface area (Å²) in [6, 6.07) is 23.7. The van der Waals surface area contributed by atoms with E-state index in [1.165, 1.54) is 4.90 Å². The summed E-state index contributed by atoms with van der Waals surface area (Å²) in [6.07, 6.45) is 0. The maximum absolute atomic E-state index is 13.0. The van der Waals surface area contributed by atoms with Crippen LogP contribution in [0.3, 0.4) is 0 Å². The number of Topliss-reactive ketones (excluding diaryl/α,β-unsaturated/α-hetero) is 1. The molecule has 1 atom stereocenters. The summed E-state index contributed by atoms with van der Waals surface area (Å²) in [6.45, 7) is 2.78. The van der Waals surface area contributed by atoms with Gasteiger partial charge in [-0.05, 0) is 41.8 Å². The molecule has 1 N–H and O–H groups in total. The van der Waals surface area contributed by atoms with Crippen molar-refractivity contribution in [2.45, 2.75) is 19.6 Å². The number of carbonyl (C=O) groups excluding carboxylic acids is 2. The normalized spacial score (nSPS) is 17.2. The van der Waals surface area contributed by atoms with Gasteiger partial charge in [0.1, 0.15) is 18.1 Å². The van der Waals surface area contributed by atoms with E-state index in [4.69, 9.17) is 9.47 Å². The second-order valence-electron chi connectivity index (χ2n) is 8.15. The molecular weight excluding hydrogens is 430 g/mol. The molecule has 1 unspecified atom stereocenters. The van der Waals surface area contributed by atoms with Crippen LogP contribution in [0.1, 0.15) is 28.3 Å². The number of aliphatic hydroxyl groups is 1. The molecule has 0 spiro atoms. The third-order valence-electron chi connectivity index (χ3n) is 5.89. The predicted octanol–water partition coefficient (Wildman–Crippen LogP) is 4.64. The lowest BCUT2D eigenvalue weighted by Gasteiger charge is -2.25. The monoisotopic (exact) mass is 457 g/mol. The Kier molecular flexibility index (Phi) is 7.09. The van der Waals surface area contributed by atoms with E-state index in [0.717, 1.165) is 16.7 Å². The highest BCUT2D eigenvalue weighted by atomic mass is 16.5.